The highest BCUT2D eigenvalue weighted by molar-refractivity contribution is 7.89. The minimum absolute atomic E-state index is 0.00166. The average Bonchev–Trinajstić information content (AvgIpc) is 2.96. The highest BCUT2D eigenvalue weighted by Gasteiger charge is 2.21. The molecule has 0 spiro atoms. The molecule has 0 radical (unpaired) electrons. The van der Waals surface area contributed by atoms with Gasteiger partial charge in [0.2, 0.25) is 15.9 Å². The number of hydrogen-bond acceptors (Lipinski definition) is 5. The number of hydrogen-bond donors (Lipinski definition) is 3. The second kappa shape index (κ2) is 13.4. The molecule has 0 saturated heterocycles. The molecule has 40 heavy (non-hydrogen) atoms. The summed E-state index contributed by atoms with van der Waals surface area (Å²) in [5.41, 5.74) is 11.0. The third-order valence-electron chi connectivity index (χ3n) is 6.98. The van der Waals surface area contributed by atoms with E-state index >= 15 is 0 Å². The van der Waals surface area contributed by atoms with Gasteiger partial charge < -0.3 is 15.7 Å². The van der Waals surface area contributed by atoms with Crippen LogP contribution in [0.5, 0.6) is 5.75 Å². The Bertz CT molecular complexity index is 1510. The van der Waals surface area contributed by atoms with Crippen molar-refractivity contribution in [3.63, 3.8) is 0 Å². The zero-order valence-electron chi connectivity index (χ0n) is 22.3. The molecule has 0 aliphatic carbocycles. The Labute approximate surface area is 236 Å². The van der Waals surface area contributed by atoms with Crippen molar-refractivity contribution in [2.75, 3.05) is 13.1 Å². The van der Waals surface area contributed by atoms with Crippen LogP contribution in [-0.4, -0.2) is 37.4 Å². The van der Waals surface area contributed by atoms with Gasteiger partial charge in [0.15, 0.2) is 0 Å². The van der Waals surface area contributed by atoms with Crippen LogP contribution in [0.3, 0.4) is 0 Å². The van der Waals surface area contributed by atoms with Gasteiger partial charge in [-0.3, -0.25) is 4.79 Å². The van der Waals surface area contributed by atoms with E-state index in [-0.39, 0.29) is 28.9 Å². The third kappa shape index (κ3) is 8.02. The Morgan fingerprint density at radius 3 is 2.15 bits per heavy atom. The highest BCUT2D eigenvalue weighted by atomic mass is 32.2. The van der Waals surface area contributed by atoms with E-state index in [4.69, 9.17) is 10.9 Å². The fourth-order valence-corrected chi connectivity index (χ4v) is 5.32. The van der Waals surface area contributed by atoms with Crippen molar-refractivity contribution in [2.24, 2.45) is 10.9 Å². The molecule has 0 aliphatic rings. The maximum absolute atomic E-state index is 13.6. The molecule has 208 valence electrons. The van der Waals surface area contributed by atoms with E-state index in [1.54, 1.807) is 29.2 Å². The largest absolute Gasteiger partial charge is 0.508 e. The molecule has 0 aliphatic heterocycles. The summed E-state index contributed by atoms with van der Waals surface area (Å²) in [4.78, 5) is 15.5. The molecule has 7 nitrogen and oxygen atoms in total. The van der Waals surface area contributed by atoms with Crippen LogP contribution in [0.2, 0.25) is 0 Å². The van der Waals surface area contributed by atoms with E-state index in [0.29, 0.717) is 32.5 Å². The highest BCUT2D eigenvalue weighted by Crippen LogP contribution is 2.29. The van der Waals surface area contributed by atoms with Crippen LogP contribution < -0.4 is 10.9 Å². The molecule has 4 aromatic carbocycles. The Hall–Kier alpha value is -3.98. The Morgan fingerprint density at radius 1 is 0.825 bits per heavy atom. The molecule has 1 unspecified atom stereocenters. The van der Waals surface area contributed by atoms with Crippen molar-refractivity contribution < 1.29 is 18.3 Å². The Balaban J connectivity index is 1.50. The summed E-state index contributed by atoms with van der Waals surface area (Å²) in [6.45, 7) is 1.24. The Morgan fingerprint density at radius 2 is 1.50 bits per heavy atom. The minimum Gasteiger partial charge on any atom is -0.508 e. The lowest BCUT2D eigenvalue weighted by Crippen LogP contribution is -2.35. The van der Waals surface area contributed by atoms with E-state index in [2.05, 4.69) is 24.3 Å². The molecular weight excluding hydrogens is 522 g/mol. The van der Waals surface area contributed by atoms with Crippen molar-refractivity contribution in [1.82, 2.24) is 4.90 Å². The minimum atomic E-state index is -3.76. The fourth-order valence-electron chi connectivity index (χ4n) is 4.81. The lowest BCUT2D eigenvalue weighted by atomic mass is 9.89. The molecular formula is C32H35N3O4S. The van der Waals surface area contributed by atoms with Crippen molar-refractivity contribution in [3.8, 4) is 16.9 Å². The quantitative estimate of drug-likeness (QED) is 0.231. The molecule has 0 heterocycles. The second-order valence-electron chi connectivity index (χ2n) is 9.89. The topological polar surface area (TPSA) is 127 Å². The number of aromatic hydroxyl groups is 1. The molecule has 8 heteroatoms. The lowest BCUT2D eigenvalue weighted by Gasteiger charge is -2.26. The van der Waals surface area contributed by atoms with Crippen LogP contribution in [0.1, 0.15) is 35.4 Å². The van der Waals surface area contributed by atoms with Crippen LogP contribution in [-0.2, 0) is 27.8 Å². The van der Waals surface area contributed by atoms with Crippen LogP contribution in [0, 0.1) is 0 Å². The first-order valence-corrected chi connectivity index (χ1v) is 14.8. The molecule has 0 saturated carbocycles. The summed E-state index contributed by atoms with van der Waals surface area (Å²) >= 11 is 0. The molecule has 1 atom stereocenters. The maximum Gasteiger partial charge on any atom is 0.238 e. The zero-order valence-corrected chi connectivity index (χ0v) is 23.1. The van der Waals surface area contributed by atoms with E-state index in [9.17, 15) is 18.3 Å². The van der Waals surface area contributed by atoms with Gasteiger partial charge in [-0.15, -0.1) is 0 Å². The monoisotopic (exact) mass is 557 g/mol. The number of aryl methyl sites for hydroxylation is 1. The van der Waals surface area contributed by atoms with Gasteiger partial charge in [0.25, 0.3) is 0 Å². The Kier molecular flexibility index (Phi) is 9.71. The number of nitrogens with two attached hydrogens (primary N) is 2. The summed E-state index contributed by atoms with van der Waals surface area (Å²) in [6, 6.07) is 31.7. The van der Waals surface area contributed by atoms with Gasteiger partial charge >= 0.3 is 0 Å². The van der Waals surface area contributed by atoms with Crippen LogP contribution in [0.4, 0.5) is 0 Å². The van der Waals surface area contributed by atoms with Crippen molar-refractivity contribution in [3.05, 3.63) is 120 Å². The molecule has 4 aromatic rings. The van der Waals surface area contributed by atoms with Gasteiger partial charge in [-0.2, -0.15) is 0 Å². The molecule has 5 N–H and O–H groups in total. The van der Waals surface area contributed by atoms with Gasteiger partial charge in [0.1, 0.15) is 5.75 Å². The van der Waals surface area contributed by atoms with Gasteiger partial charge in [-0.05, 0) is 76.9 Å². The van der Waals surface area contributed by atoms with E-state index in [1.807, 2.05) is 42.5 Å². The summed E-state index contributed by atoms with van der Waals surface area (Å²) in [7, 11) is -3.76. The smallest absolute Gasteiger partial charge is 0.238 e. The SMILES string of the molecule is NCCN(Cc1cccc(-c2ccccc2)c1)C(=O)CC(CCc1ccc(S(N)(=O)=O)cc1)c1ccc(O)cc1. The van der Waals surface area contributed by atoms with E-state index < -0.39 is 10.0 Å². The molecule has 0 aromatic heterocycles. The number of primary sulfonamides is 1. The predicted octanol–water partition coefficient (Wildman–Crippen LogP) is 4.80. The van der Waals surface area contributed by atoms with Crippen molar-refractivity contribution in [2.45, 2.75) is 36.6 Å². The molecule has 1 amide bonds. The predicted molar refractivity (Wildman–Crippen MR) is 158 cm³/mol. The van der Waals surface area contributed by atoms with Crippen LogP contribution in [0.15, 0.2) is 108 Å². The van der Waals surface area contributed by atoms with E-state index in [0.717, 1.165) is 27.8 Å². The number of phenolic OH excluding ortho intramolecular Hbond substituents is 1. The first kappa shape index (κ1) is 29.0. The van der Waals surface area contributed by atoms with Crippen molar-refractivity contribution in [1.29, 1.82) is 0 Å². The number of benzene rings is 4. The van der Waals surface area contributed by atoms with Gasteiger partial charge in [0.05, 0.1) is 4.90 Å². The standard InChI is InChI=1S/C32H35N3O4S/c33-19-20-35(23-25-5-4-8-28(21-25)26-6-2-1-3-7-26)32(37)22-29(27-13-15-30(36)16-14-27)12-9-24-10-17-31(18-11-24)40(34,38)39/h1-8,10-11,13-18,21,29,36H,9,12,19-20,22-23,33H2,(H2,34,38,39). The van der Waals surface area contributed by atoms with Gasteiger partial charge in [-0.1, -0.05) is 72.8 Å². The number of nitrogens with zero attached hydrogens (tertiary/aromatic N) is 1. The normalized spacial score (nSPS) is 12.2. The van der Waals surface area contributed by atoms with Gasteiger partial charge in [-0.25, -0.2) is 13.6 Å². The van der Waals surface area contributed by atoms with Crippen LogP contribution >= 0.6 is 0 Å². The van der Waals surface area contributed by atoms with E-state index in [1.165, 1.54) is 12.1 Å². The molecule has 0 bridgehead atoms. The van der Waals surface area contributed by atoms with Gasteiger partial charge in [0, 0.05) is 26.1 Å². The first-order chi connectivity index (χ1) is 19.2. The summed E-state index contributed by atoms with van der Waals surface area (Å²) < 4.78 is 23.2. The average molecular weight is 558 g/mol. The van der Waals surface area contributed by atoms with Crippen molar-refractivity contribution >= 4 is 15.9 Å². The fraction of sp³-hybridized carbons (Fsp3) is 0.219. The number of phenols is 1. The third-order valence-corrected chi connectivity index (χ3v) is 7.91. The number of amides is 1. The zero-order chi connectivity index (χ0) is 28.5. The summed E-state index contributed by atoms with van der Waals surface area (Å²) in [5, 5.41) is 15.0. The van der Waals surface area contributed by atoms with Crippen LogP contribution in [0.25, 0.3) is 11.1 Å². The summed E-state index contributed by atoms with van der Waals surface area (Å²) in [5.74, 6) is 0.0515. The first-order valence-electron chi connectivity index (χ1n) is 13.3. The maximum atomic E-state index is 13.6. The second-order valence-corrected chi connectivity index (χ2v) is 11.5. The molecule has 0 fully saturated rings. The number of carbonyl (C=O) groups is 1. The lowest BCUT2D eigenvalue weighted by molar-refractivity contribution is -0.132. The number of sulfonamides is 1. The summed E-state index contributed by atoms with van der Waals surface area (Å²) in [6.07, 6.45) is 1.57. The number of carbonyl (C=O) groups excluding carboxylic acids is 1. The number of rotatable bonds is 12. The molecule has 4 rings (SSSR count).